The molecule has 0 spiro atoms. The fourth-order valence-corrected chi connectivity index (χ4v) is 1.27. The molecule has 0 bridgehead atoms. The molecule has 62 valence electrons. The molecule has 1 unspecified atom stereocenters. The zero-order chi connectivity index (χ0) is 8.27. The van der Waals surface area contributed by atoms with Gasteiger partial charge in [0.1, 0.15) is 6.17 Å². The van der Waals surface area contributed by atoms with Gasteiger partial charge in [-0.25, -0.2) is 4.79 Å². The summed E-state index contributed by atoms with van der Waals surface area (Å²) in [4.78, 5) is 12.5. The van der Waals surface area contributed by atoms with Gasteiger partial charge in [-0.15, -0.1) is 0 Å². The molecular weight excluding hydrogens is 164 g/mol. The minimum absolute atomic E-state index is 0.141. The molecule has 1 amide bonds. The fraction of sp³-hybridized carbons (Fsp3) is 0.667. The van der Waals surface area contributed by atoms with E-state index in [1.165, 1.54) is 12.5 Å². The number of carbonyl (C=O) groups excluding carboxylic acids is 1. The van der Waals surface area contributed by atoms with Gasteiger partial charge in [-0.2, -0.15) is 0 Å². The molecule has 0 aromatic heterocycles. The number of hydrogen-bond donors (Lipinski definition) is 1. The predicted molar refractivity (Wildman–Crippen MR) is 44.6 cm³/mol. The summed E-state index contributed by atoms with van der Waals surface area (Å²) in [5, 5.41) is 4.55. The second-order valence-corrected chi connectivity index (χ2v) is 2.47. The highest BCUT2D eigenvalue weighted by atomic mass is 32.1. The Labute approximate surface area is 70.5 Å². The Morgan fingerprint density at radius 3 is 3.18 bits per heavy atom. The minimum Gasteiger partial charge on any atom is -0.453 e. The summed E-state index contributed by atoms with van der Waals surface area (Å²) in [7, 11) is 1.36. The SMILES string of the molecule is COC(=O)N1CCNC1C=S. The fourth-order valence-electron chi connectivity index (χ4n) is 1.03. The number of nitrogens with one attached hydrogen (secondary N) is 1. The van der Waals surface area contributed by atoms with Crippen molar-refractivity contribution < 1.29 is 9.53 Å². The van der Waals surface area contributed by atoms with E-state index in [0.717, 1.165) is 6.54 Å². The van der Waals surface area contributed by atoms with Crippen molar-refractivity contribution in [2.45, 2.75) is 6.17 Å². The van der Waals surface area contributed by atoms with Crippen molar-refractivity contribution in [2.24, 2.45) is 0 Å². The van der Waals surface area contributed by atoms with Gasteiger partial charge in [0.05, 0.1) is 7.11 Å². The monoisotopic (exact) mass is 174 g/mol. The Hall–Kier alpha value is -0.680. The molecule has 0 aromatic carbocycles. The van der Waals surface area contributed by atoms with Gasteiger partial charge in [-0.05, 0) is 0 Å². The average molecular weight is 174 g/mol. The molecule has 1 saturated heterocycles. The molecule has 0 aliphatic carbocycles. The lowest BCUT2D eigenvalue weighted by atomic mass is 10.5. The van der Waals surface area contributed by atoms with E-state index in [4.69, 9.17) is 12.2 Å². The summed E-state index contributed by atoms with van der Waals surface area (Å²) in [5.74, 6) is 0. The Morgan fingerprint density at radius 2 is 2.64 bits per heavy atom. The summed E-state index contributed by atoms with van der Waals surface area (Å²) >= 11 is 4.72. The Balaban J connectivity index is 2.56. The average Bonchev–Trinajstić information content (AvgIpc) is 2.50. The maximum atomic E-state index is 11.0. The van der Waals surface area contributed by atoms with E-state index in [0.29, 0.717) is 6.54 Å². The van der Waals surface area contributed by atoms with Crippen LogP contribution < -0.4 is 5.32 Å². The molecule has 1 rings (SSSR count). The van der Waals surface area contributed by atoms with Gasteiger partial charge in [-0.3, -0.25) is 10.2 Å². The first-order valence-electron chi connectivity index (χ1n) is 3.33. The molecule has 1 N–H and O–H groups in total. The highest BCUT2D eigenvalue weighted by Gasteiger charge is 2.26. The molecule has 11 heavy (non-hydrogen) atoms. The molecule has 1 atom stereocenters. The summed E-state index contributed by atoms with van der Waals surface area (Å²) in [5.41, 5.74) is 0. The van der Waals surface area contributed by atoms with Gasteiger partial charge in [0.2, 0.25) is 0 Å². The van der Waals surface area contributed by atoms with Gasteiger partial charge < -0.3 is 4.74 Å². The maximum absolute atomic E-state index is 11.0. The van der Waals surface area contributed by atoms with Crippen molar-refractivity contribution in [1.82, 2.24) is 10.2 Å². The number of hydrogen-bond acceptors (Lipinski definition) is 4. The van der Waals surface area contributed by atoms with Crippen LogP contribution in [0.4, 0.5) is 4.79 Å². The van der Waals surface area contributed by atoms with Crippen LogP contribution in [-0.2, 0) is 4.74 Å². The molecule has 0 aromatic rings. The first-order chi connectivity index (χ1) is 5.29. The van der Waals surface area contributed by atoms with Crippen LogP contribution in [0.2, 0.25) is 0 Å². The third kappa shape index (κ3) is 1.66. The zero-order valence-corrected chi connectivity index (χ0v) is 7.06. The van der Waals surface area contributed by atoms with Gasteiger partial charge in [0, 0.05) is 18.5 Å². The number of carbonyl (C=O) groups is 1. The lowest BCUT2D eigenvalue weighted by molar-refractivity contribution is 0.127. The Bertz CT molecular complexity index is 174. The third-order valence-electron chi connectivity index (χ3n) is 1.58. The summed E-state index contributed by atoms with van der Waals surface area (Å²) in [6.07, 6.45) is -0.474. The smallest absolute Gasteiger partial charge is 0.411 e. The van der Waals surface area contributed by atoms with E-state index < -0.39 is 0 Å². The van der Waals surface area contributed by atoms with Crippen molar-refractivity contribution >= 4 is 23.7 Å². The summed E-state index contributed by atoms with van der Waals surface area (Å²) < 4.78 is 4.55. The van der Waals surface area contributed by atoms with Crippen LogP contribution in [0.15, 0.2) is 0 Å². The number of rotatable bonds is 1. The summed E-state index contributed by atoms with van der Waals surface area (Å²) in [6.45, 7) is 1.43. The first kappa shape index (κ1) is 8.42. The zero-order valence-electron chi connectivity index (χ0n) is 6.24. The number of thiocarbonyl (C=S) groups is 1. The molecule has 1 aliphatic heterocycles. The minimum atomic E-state index is -0.332. The lowest BCUT2D eigenvalue weighted by Crippen LogP contribution is -2.40. The van der Waals surface area contributed by atoms with E-state index in [9.17, 15) is 4.79 Å². The number of amides is 1. The van der Waals surface area contributed by atoms with Gasteiger partial charge in [0.25, 0.3) is 0 Å². The van der Waals surface area contributed by atoms with E-state index in [1.807, 2.05) is 0 Å². The Kier molecular flexibility index (Phi) is 2.78. The largest absolute Gasteiger partial charge is 0.453 e. The van der Waals surface area contributed by atoms with Gasteiger partial charge in [0.15, 0.2) is 0 Å². The lowest BCUT2D eigenvalue weighted by Gasteiger charge is -2.18. The quantitative estimate of drug-likeness (QED) is 0.567. The van der Waals surface area contributed by atoms with Crippen molar-refractivity contribution in [3.63, 3.8) is 0 Å². The molecule has 1 fully saturated rings. The third-order valence-corrected chi connectivity index (χ3v) is 1.84. The topological polar surface area (TPSA) is 41.6 Å². The maximum Gasteiger partial charge on any atom is 0.411 e. The van der Waals surface area contributed by atoms with Crippen molar-refractivity contribution in [3.05, 3.63) is 0 Å². The van der Waals surface area contributed by atoms with Crippen LogP contribution in [0, 0.1) is 0 Å². The van der Waals surface area contributed by atoms with Crippen molar-refractivity contribution in [1.29, 1.82) is 0 Å². The van der Waals surface area contributed by atoms with Crippen LogP contribution in [0.1, 0.15) is 0 Å². The van der Waals surface area contributed by atoms with E-state index in [2.05, 4.69) is 10.1 Å². The van der Waals surface area contributed by atoms with Crippen molar-refractivity contribution in [2.75, 3.05) is 20.2 Å². The molecular formula is C6H10N2O2S. The first-order valence-corrected chi connectivity index (χ1v) is 3.80. The second kappa shape index (κ2) is 3.64. The second-order valence-electron chi connectivity index (χ2n) is 2.20. The van der Waals surface area contributed by atoms with Crippen molar-refractivity contribution in [3.8, 4) is 0 Å². The standard InChI is InChI=1S/C6H10N2O2S/c1-10-6(9)8-3-2-7-5(8)4-11/h4-5,7H,2-3H2,1H3. The molecule has 0 radical (unpaired) electrons. The highest BCUT2D eigenvalue weighted by Crippen LogP contribution is 2.02. The predicted octanol–water partition coefficient (Wildman–Crippen LogP) is -0.0162. The number of ether oxygens (including phenoxy) is 1. The van der Waals surface area contributed by atoms with E-state index in [-0.39, 0.29) is 12.3 Å². The molecule has 1 aliphatic rings. The van der Waals surface area contributed by atoms with Crippen LogP contribution in [0.5, 0.6) is 0 Å². The van der Waals surface area contributed by atoms with Gasteiger partial charge in [-0.1, -0.05) is 12.2 Å². The molecule has 0 saturated carbocycles. The van der Waals surface area contributed by atoms with Gasteiger partial charge >= 0.3 is 6.09 Å². The molecule has 4 nitrogen and oxygen atoms in total. The Morgan fingerprint density at radius 1 is 1.91 bits per heavy atom. The number of methoxy groups -OCH3 is 1. The summed E-state index contributed by atoms with van der Waals surface area (Å²) in [6, 6.07) is 0. The van der Waals surface area contributed by atoms with Crippen LogP contribution in [-0.4, -0.2) is 42.7 Å². The normalized spacial score (nSPS) is 23.4. The molecule has 5 heteroatoms. The number of nitrogens with zero attached hydrogens (tertiary/aromatic N) is 1. The highest BCUT2D eigenvalue weighted by molar-refractivity contribution is 7.79. The van der Waals surface area contributed by atoms with E-state index in [1.54, 1.807) is 4.90 Å². The van der Waals surface area contributed by atoms with Crippen LogP contribution in [0.25, 0.3) is 0 Å². The van der Waals surface area contributed by atoms with E-state index >= 15 is 0 Å². The van der Waals surface area contributed by atoms with Crippen LogP contribution >= 0.6 is 12.2 Å². The molecule has 1 heterocycles. The van der Waals surface area contributed by atoms with Crippen LogP contribution in [0.3, 0.4) is 0 Å².